The SMILES string of the molecule is C#CCN(CCC)C(=O)C1(C)CCCO1. The third kappa shape index (κ3) is 2.73. The molecule has 3 nitrogen and oxygen atoms in total. The molecule has 1 aliphatic heterocycles. The topological polar surface area (TPSA) is 29.5 Å². The normalized spacial score (nSPS) is 24.9. The fourth-order valence-corrected chi connectivity index (χ4v) is 1.91. The molecule has 1 rings (SSSR count). The maximum absolute atomic E-state index is 12.2. The van der Waals surface area contributed by atoms with Gasteiger partial charge in [-0.05, 0) is 26.2 Å². The van der Waals surface area contributed by atoms with E-state index in [-0.39, 0.29) is 5.91 Å². The molecular weight excluding hydrogens is 190 g/mol. The Kier molecular flexibility index (Phi) is 4.16. The van der Waals surface area contributed by atoms with Gasteiger partial charge in [0.2, 0.25) is 0 Å². The smallest absolute Gasteiger partial charge is 0.255 e. The molecule has 0 spiro atoms. The molecule has 1 unspecified atom stereocenters. The van der Waals surface area contributed by atoms with Crippen molar-refractivity contribution in [3.8, 4) is 12.3 Å². The molecular formula is C12H19NO2. The Morgan fingerprint density at radius 3 is 2.87 bits per heavy atom. The van der Waals surface area contributed by atoms with Crippen LogP contribution < -0.4 is 0 Å². The second kappa shape index (κ2) is 5.18. The average Bonchev–Trinajstić information content (AvgIpc) is 2.65. The first kappa shape index (κ1) is 12.1. The molecule has 0 aliphatic carbocycles. The first-order chi connectivity index (χ1) is 7.14. The van der Waals surface area contributed by atoms with Gasteiger partial charge in [0.25, 0.3) is 5.91 Å². The molecule has 0 aromatic carbocycles. The third-order valence-electron chi connectivity index (χ3n) is 2.73. The zero-order chi connectivity index (χ0) is 11.3. The van der Waals surface area contributed by atoms with Gasteiger partial charge in [-0.2, -0.15) is 0 Å². The third-order valence-corrected chi connectivity index (χ3v) is 2.73. The van der Waals surface area contributed by atoms with E-state index in [0.717, 1.165) is 19.3 Å². The quantitative estimate of drug-likeness (QED) is 0.655. The van der Waals surface area contributed by atoms with Crippen LogP contribution in [0.4, 0.5) is 0 Å². The summed E-state index contributed by atoms with van der Waals surface area (Å²) in [5.41, 5.74) is -0.633. The predicted molar refractivity (Wildman–Crippen MR) is 59.3 cm³/mol. The number of ether oxygens (including phenoxy) is 1. The highest BCUT2D eigenvalue weighted by Crippen LogP contribution is 2.27. The lowest BCUT2D eigenvalue weighted by Crippen LogP contribution is -2.47. The van der Waals surface area contributed by atoms with E-state index in [1.165, 1.54) is 0 Å². The van der Waals surface area contributed by atoms with E-state index >= 15 is 0 Å². The highest BCUT2D eigenvalue weighted by Gasteiger charge is 2.40. The zero-order valence-corrected chi connectivity index (χ0v) is 9.58. The van der Waals surface area contributed by atoms with Gasteiger partial charge in [-0.3, -0.25) is 4.79 Å². The van der Waals surface area contributed by atoms with Gasteiger partial charge in [0.15, 0.2) is 0 Å². The van der Waals surface area contributed by atoms with Crippen molar-refractivity contribution in [1.82, 2.24) is 4.90 Å². The number of terminal acetylenes is 1. The summed E-state index contributed by atoms with van der Waals surface area (Å²) in [4.78, 5) is 13.9. The number of hydrogen-bond acceptors (Lipinski definition) is 2. The van der Waals surface area contributed by atoms with Gasteiger partial charge in [-0.1, -0.05) is 12.8 Å². The van der Waals surface area contributed by atoms with Crippen LogP contribution in [-0.2, 0) is 9.53 Å². The number of hydrogen-bond donors (Lipinski definition) is 0. The molecule has 3 heteroatoms. The summed E-state index contributed by atoms with van der Waals surface area (Å²) in [6.45, 7) is 5.67. The maximum atomic E-state index is 12.2. The van der Waals surface area contributed by atoms with Gasteiger partial charge in [-0.15, -0.1) is 6.42 Å². The van der Waals surface area contributed by atoms with Crippen LogP contribution in [0.25, 0.3) is 0 Å². The van der Waals surface area contributed by atoms with E-state index in [0.29, 0.717) is 19.7 Å². The molecule has 1 heterocycles. The van der Waals surface area contributed by atoms with Crippen LogP contribution in [0.15, 0.2) is 0 Å². The van der Waals surface area contributed by atoms with E-state index in [4.69, 9.17) is 11.2 Å². The number of carbonyl (C=O) groups is 1. The van der Waals surface area contributed by atoms with Crippen LogP contribution in [0.3, 0.4) is 0 Å². The van der Waals surface area contributed by atoms with E-state index < -0.39 is 5.60 Å². The molecule has 0 saturated carbocycles. The Labute approximate surface area is 91.8 Å². The number of nitrogens with zero attached hydrogens (tertiary/aromatic N) is 1. The highest BCUT2D eigenvalue weighted by atomic mass is 16.5. The van der Waals surface area contributed by atoms with Crippen molar-refractivity contribution >= 4 is 5.91 Å². The summed E-state index contributed by atoms with van der Waals surface area (Å²) in [6, 6.07) is 0. The van der Waals surface area contributed by atoms with Gasteiger partial charge >= 0.3 is 0 Å². The second-order valence-corrected chi connectivity index (χ2v) is 4.11. The van der Waals surface area contributed by atoms with E-state index in [1.807, 2.05) is 13.8 Å². The number of carbonyl (C=O) groups excluding carboxylic acids is 1. The van der Waals surface area contributed by atoms with Gasteiger partial charge in [0.05, 0.1) is 6.54 Å². The van der Waals surface area contributed by atoms with E-state index in [2.05, 4.69) is 5.92 Å². The monoisotopic (exact) mass is 209 g/mol. The predicted octanol–water partition coefficient (Wildman–Crippen LogP) is 1.43. The van der Waals surface area contributed by atoms with Gasteiger partial charge < -0.3 is 9.64 Å². The van der Waals surface area contributed by atoms with E-state index in [9.17, 15) is 4.79 Å². The Balaban J connectivity index is 2.66. The van der Waals surface area contributed by atoms with Gasteiger partial charge in [-0.25, -0.2) is 0 Å². The molecule has 84 valence electrons. The standard InChI is InChI=1S/C12H19NO2/c1-4-8-13(9-5-2)11(14)12(3)7-6-10-15-12/h1H,5-10H2,2-3H3. The summed E-state index contributed by atoms with van der Waals surface area (Å²) in [6.07, 6.45) is 7.93. The first-order valence-electron chi connectivity index (χ1n) is 5.51. The Morgan fingerprint density at radius 1 is 1.67 bits per heavy atom. The van der Waals surface area contributed by atoms with Crippen molar-refractivity contribution in [3.05, 3.63) is 0 Å². The summed E-state index contributed by atoms with van der Waals surface area (Å²) >= 11 is 0. The van der Waals surface area contributed by atoms with Crippen LogP contribution in [0.5, 0.6) is 0 Å². The molecule has 0 aromatic rings. The molecule has 1 fully saturated rings. The van der Waals surface area contributed by atoms with Gasteiger partial charge in [0, 0.05) is 13.2 Å². The van der Waals surface area contributed by atoms with Crippen LogP contribution in [0, 0.1) is 12.3 Å². The largest absolute Gasteiger partial charge is 0.365 e. The van der Waals surface area contributed by atoms with Crippen molar-refractivity contribution in [2.75, 3.05) is 19.7 Å². The molecule has 1 atom stereocenters. The van der Waals surface area contributed by atoms with Crippen molar-refractivity contribution in [1.29, 1.82) is 0 Å². The van der Waals surface area contributed by atoms with Crippen LogP contribution in [0.2, 0.25) is 0 Å². The van der Waals surface area contributed by atoms with Crippen molar-refractivity contribution in [3.63, 3.8) is 0 Å². The molecule has 1 aliphatic rings. The minimum atomic E-state index is -0.633. The second-order valence-electron chi connectivity index (χ2n) is 4.11. The van der Waals surface area contributed by atoms with E-state index in [1.54, 1.807) is 4.90 Å². The summed E-state index contributed by atoms with van der Waals surface area (Å²) in [5, 5.41) is 0. The molecule has 1 saturated heterocycles. The lowest BCUT2D eigenvalue weighted by atomic mass is 10.0. The molecule has 0 radical (unpaired) electrons. The Hall–Kier alpha value is -1.01. The van der Waals surface area contributed by atoms with Crippen LogP contribution >= 0.6 is 0 Å². The average molecular weight is 209 g/mol. The first-order valence-corrected chi connectivity index (χ1v) is 5.51. The zero-order valence-electron chi connectivity index (χ0n) is 9.58. The molecule has 1 amide bonds. The summed E-state index contributed by atoms with van der Waals surface area (Å²) < 4.78 is 5.52. The van der Waals surface area contributed by atoms with Crippen LogP contribution in [-0.4, -0.2) is 36.1 Å². The fourth-order valence-electron chi connectivity index (χ4n) is 1.91. The summed E-state index contributed by atoms with van der Waals surface area (Å²) in [5.74, 6) is 2.57. The minimum absolute atomic E-state index is 0.0415. The highest BCUT2D eigenvalue weighted by molar-refractivity contribution is 5.85. The van der Waals surface area contributed by atoms with Crippen molar-refractivity contribution < 1.29 is 9.53 Å². The molecule has 0 bridgehead atoms. The summed E-state index contributed by atoms with van der Waals surface area (Å²) in [7, 11) is 0. The Bertz CT molecular complexity index is 261. The molecule has 0 N–H and O–H groups in total. The number of amides is 1. The lowest BCUT2D eigenvalue weighted by Gasteiger charge is -2.29. The van der Waals surface area contributed by atoms with Crippen molar-refractivity contribution in [2.45, 2.75) is 38.7 Å². The molecule has 15 heavy (non-hydrogen) atoms. The van der Waals surface area contributed by atoms with Crippen molar-refractivity contribution in [2.24, 2.45) is 0 Å². The number of rotatable bonds is 4. The minimum Gasteiger partial charge on any atom is -0.365 e. The Morgan fingerprint density at radius 2 is 2.40 bits per heavy atom. The lowest BCUT2D eigenvalue weighted by molar-refractivity contribution is -0.150. The fraction of sp³-hybridized carbons (Fsp3) is 0.750. The maximum Gasteiger partial charge on any atom is 0.255 e. The van der Waals surface area contributed by atoms with Crippen LogP contribution in [0.1, 0.15) is 33.1 Å². The molecule has 0 aromatic heterocycles. The van der Waals surface area contributed by atoms with Gasteiger partial charge in [0.1, 0.15) is 5.60 Å².